The fraction of sp³-hybridized carbons (Fsp3) is 0.867. The van der Waals surface area contributed by atoms with Crippen molar-refractivity contribution in [3.63, 3.8) is 0 Å². The summed E-state index contributed by atoms with van der Waals surface area (Å²) in [4.78, 5) is 25.6. The molecule has 6 heteroatoms. The van der Waals surface area contributed by atoms with Crippen molar-refractivity contribution in [3.05, 3.63) is 0 Å². The van der Waals surface area contributed by atoms with E-state index >= 15 is 0 Å². The number of likely N-dealkylation sites (N-methyl/N-ethyl adjacent to an activating group) is 1. The average Bonchev–Trinajstić information content (AvgIpc) is 2.35. The van der Waals surface area contributed by atoms with Crippen LogP contribution < -0.4 is 0 Å². The third-order valence-corrected chi connectivity index (χ3v) is 3.36. The summed E-state index contributed by atoms with van der Waals surface area (Å²) >= 11 is 0. The predicted octanol–water partition coefficient (Wildman–Crippen LogP) is 2.09. The van der Waals surface area contributed by atoms with Gasteiger partial charge in [0.1, 0.15) is 17.7 Å². The van der Waals surface area contributed by atoms with Crippen molar-refractivity contribution in [1.82, 2.24) is 4.90 Å². The molecule has 1 saturated heterocycles. The van der Waals surface area contributed by atoms with E-state index in [0.717, 1.165) is 0 Å². The summed E-state index contributed by atoms with van der Waals surface area (Å²) in [5.41, 5.74) is -0.614. The smallest absolute Gasteiger partial charge is 0.410 e. The summed E-state index contributed by atoms with van der Waals surface area (Å²) < 4.78 is 10.6. The Labute approximate surface area is 126 Å². The molecule has 1 aliphatic heterocycles. The van der Waals surface area contributed by atoms with Crippen molar-refractivity contribution in [2.24, 2.45) is 0 Å². The van der Waals surface area contributed by atoms with Crippen LogP contribution in [0.25, 0.3) is 0 Å². The maximum absolute atomic E-state index is 12.2. The number of aliphatic hydroxyl groups excluding tert-OH is 1. The minimum atomic E-state index is -0.674. The zero-order valence-corrected chi connectivity index (χ0v) is 13.6. The topological polar surface area (TPSA) is 76.1 Å². The molecule has 1 rings (SSSR count). The minimum absolute atomic E-state index is 0.361. The quantitative estimate of drug-likeness (QED) is 0.750. The summed E-state index contributed by atoms with van der Waals surface area (Å²) in [5.74, 6) is -0.440. The number of cyclic esters (lactones) is 1. The largest absolute Gasteiger partial charge is 0.461 e. The number of carbonyl (C=O) groups is 2. The highest BCUT2D eigenvalue weighted by molar-refractivity contribution is 5.81. The number of hydrogen-bond acceptors (Lipinski definition) is 5. The van der Waals surface area contributed by atoms with Gasteiger partial charge in [-0.25, -0.2) is 9.59 Å². The second-order valence-electron chi connectivity index (χ2n) is 6.67. The summed E-state index contributed by atoms with van der Waals surface area (Å²) in [5, 5.41) is 9.79. The number of carbonyl (C=O) groups excluding carboxylic acids is 2. The van der Waals surface area contributed by atoms with Crippen molar-refractivity contribution >= 4 is 12.1 Å². The van der Waals surface area contributed by atoms with Crippen LogP contribution in [-0.2, 0) is 14.3 Å². The number of aliphatic hydroxyl groups is 1. The lowest BCUT2D eigenvalue weighted by Crippen LogP contribution is -2.46. The van der Waals surface area contributed by atoms with Crippen LogP contribution in [0.1, 0.15) is 53.4 Å². The standard InChI is InChI=1S/C15H27NO5/c1-10-9-11(17)7-6-8-12(13(18)20-10)16(5)14(19)21-15(2,3)4/h10-12,17H,6-9H2,1-5H3/t10?,11?,12-/m0/s1. The number of amides is 1. The van der Waals surface area contributed by atoms with Crippen molar-refractivity contribution in [3.8, 4) is 0 Å². The molecule has 0 aromatic carbocycles. The number of esters is 1. The molecule has 1 amide bonds. The van der Waals surface area contributed by atoms with E-state index in [1.807, 2.05) is 0 Å². The molecule has 6 nitrogen and oxygen atoms in total. The van der Waals surface area contributed by atoms with E-state index in [1.165, 1.54) is 4.90 Å². The SMILES string of the molecule is CC1CC(O)CCC[C@H](N(C)C(=O)OC(C)(C)C)C(=O)O1. The zero-order chi connectivity index (χ0) is 16.2. The van der Waals surface area contributed by atoms with E-state index in [9.17, 15) is 14.7 Å². The van der Waals surface area contributed by atoms with Gasteiger partial charge >= 0.3 is 12.1 Å². The van der Waals surface area contributed by atoms with Crippen molar-refractivity contribution < 1.29 is 24.2 Å². The second kappa shape index (κ2) is 7.11. The molecule has 0 aromatic heterocycles. The molecular weight excluding hydrogens is 274 g/mol. The zero-order valence-electron chi connectivity index (χ0n) is 13.6. The first-order chi connectivity index (χ1) is 9.60. The van der Waals surface area contributed by atoms with Gasteiger partial charge in [0, 0.05) is 13.5 Å². The molecule has 1 heterocycles. The highest BCUT2D eigenvalue weighted by Crippen LogP contribution is 2.20. The summed E-state index contributed by atoms with van der Waals surface area (Å²) in [6, 6.07) is -0.674. The van der Waals surface area contributed by atoms with E-state index in [2.05, 4.69) is 0 Å². The molecule has 0 saturated carbocycles. The average molecular weight is 301 g/mol. The molecule has 0 spiro atoms. The highest BCUT2D eigenvalue weighted by Gasteiger charge is 2.33. The molecule has 21 heavy (non-hydrogen) atoms. The fourth-order valence-electron chi connectivity index (χ4n) is 2.30. The van der Waals surface area contributed by atoms with Crippen LogP contribution in [0.5, 0.6) is 0 Å². The van der Waals surface area contributed by atoms with E-state index in [-0.39, 0.29) is 6.10 Å². The lowest BCUT2D eigenvalue weighted by atomic mass is 10.0. The van der Waals surface area contributed by atoms with Gasteiger partial charge in [-0.15, -0.1) is 0 Å². The Bertz CT molecular complexity index is 377. The van der Waals surface area contributed by atoms with Gasteiger partial charge in [0.15, 0.2) is 0 Å². The minimum Gasteiger partial charge on any atom is -0.461 e. The van der Waals surface area contributed by atoms with Crippen LogP contribution in [0.3, 0.4) is 0 Å². The first kappa shape index (κ1) is 17.8. The van der Waals surface area contributed by atoms with E-state index in [1.54, 1.807) is 34.7 Å². The van der Waals surface area contributed by atoms with Gasteiger partial charge in [-0.1, -0.05) is 0 Å². The van der Waals surface area contributed by atoms with Crippen molar-refractivity contribution in [2.75, 3.05) is 7.05 Å². The summed E-state index contributed by atoms with van der Waals surface area (Å²) in [7, 11) is 1.54. The van der Waals surface area contributed by atoms with Crippen LogP contribution in [0.4, 0.5) is 4.79 Å². The molecule has 1 aliphatic rings. The number of rotatable bonds is 1. The molecule has 0 radical (unpaired) electrons. The third-order valence-electron chi connectivity index (χ3n) is 3.36. The van der Waals surface area contributed by atoms with Gasteiger partial charge in [-0.2, -0.15) is 0 Å². The Morgan fingerprint density at radius 1 is 1.38 bits per heavy atom. The molecule has 2 unspecified atom stereocenters. The predicted molar refractivity (Wildman–Crippen MR) is 77.8 cm³/mol. The van der Waals surface area contributed by atoms with Crippen LogP contribution in [-0.4, -0.2) is 53.0 Å². The van der Waals surface area contributed by atoms with Gasteiger partial charge in [-0.3, -0.25) is 4.90 Å². The van der Waals surface area contributed by atoms with E-state index in [4.69, 9.17) is 9.47 Å². The number of ether oxygens (including phenoxy) is 2. The lowest BCUT2D eigenvalue weighted by molar-refractivity contribution is -0.154. The molecule has 3 atom stereocenters. The Kier molecular flexibility index (Phi) is 6.01. The summed E-state index contributed by atoms with van der Waals surface area (Å²) in [6.45, 7) is 7.08. The van der Waals surface area contributed by atoms with Crippen LogP contribution >= 0.6 is 0 Å². The van der Waals surface area contributed by atoms with Gasteiger partial charge in [-0.05, 0) is 47.0 Å². The second-order valence-corrected chi connectivity index (χ2v) is 6.67. The van der Waals surface area contributed by atoms with Crippen LogP contribution in [0, 0.1) is 0 Å². The molecule has 1 N–H and O–H groups in total. The molecule has 122 valence electrons. The fourth-order valence-corrected chi connectivity index (χ4v) is 2.30. The Balaban J connectivity index is 2.77. The van der Waals surface area contributed by atoms with Gasteiger partial charge in [0.2, 0.25) is 0 Å². The monoisotopic (exact) mass is 301 g/mol. The van der Waals surface area contributed by atoms with Gasteiger partial charge in [0.05, 0.1) is 6.10 Å². The highest BCUT2D eigenvalue weighted by atomic mass is 16.6. The normalized spacial score (nSPS) is 27.9. The Hall–Kier alpha value is -1.30. The maximum Gasteiger partial charge on any atom is 0.410 e. The van der Waals surface area contributed by atoms with Crippen LogP contribution in [0.2, 0.25) is 0 Å². The third kappa shape index (κ3) is 5.91. The number of nitrogens with zero attached hydrogens (tertiary/aromatic N) is 1. The molecule has 0 aromatic rings. The van der Waals surface area contributed by atoms with Crippen molar-refractivity contribution in [1.29, 1.82) is 0 Å². The molecule has 0 bridgehead atoms. The van der Waals surface area contributed by atoms with E-state index in [0.29, 0.717) is 25.7 Å². The maximum atomic E-state index is 12.2. The number of hydrogen-bond donors (Lipinski definition) is 1. The first-order valence-corrected chi connectivity index (χ1v) is 7.44. The molecular formula is C15H27NO5. The first-order valence-electron chi connectivity index (χ1n) is 7.44. The lowest BCUT2D eigenvalue weighted by Gasteiger charge is -2.29. The van der Waals surface area contributed by atoms with Gasteiger partial charge in [0.25, 0.3) is 0 Å². The van der Waals surface area contributed by atoms with Crippen molar-refractivity contribution in [2.45, 2.75) is 77.2 Å². The Morgan fingerprint density at radius 2 is 2.00 bits per heavy atom. The summed E-state index contributed by atoms with van der Waals surface area (Å²) in [6.07, 6.45) is 0.753. The van der Waals surface area contributed by atoms with Crippen LogP contribution in [0.15, 0.2) is 0 Å². The van der Waals surface area contributed by atoms with Gasteiger partial charge < -0.3 is 14.6 Å². The Morgan fingerprint density at radius 3 is 2.57 bits per heavy atom. The van der Waals surface area contributed by atoms with E-state index < -0.39 is 29.8 Å². The molecule has 0 aliphatic carbocycles. The molecule has 1 fully saturated rings.